The van der Waals surface area contributed by atoms with Gasteiger partial charge >= 0.3 is 11.9 Å². The quantitative estimate of drug-likeness (QED) is 0.544. The van der Waals surface area contributed by atoms with Crippen LogP contribution in [0.4, 0.5) is 5.69 Å². The summed E-state index contributed by atoms with van der Waals surface area (Å²) in [6, 6.07) is 14.1. The van der Waals surface area contributed by atoms with E-state index >= 15 is 0 Å². The first-order chi connectivity index (χ1) is 15.3. The highest BCUT2D eigenvalue weighted by Crippen LogP contribution is 2.22. The molecule has 0 saturated carbocycles. The molecular weight excluding hydrogens is 434 g/mol. The number of carbonyl (C=O) groups is 3. The minimum Gasteiger partial charge on any atom is -0.465 e. The van der Waals surface area contributed by atoms with Gasteiger partial charge in [0.25, 0.3) is 5.91 Å². The zero-order valence-electron chi connectivity index (χ0n) is 17.8. The van der Waals surface area contributed by atoms with E-state index in [4.69, 9.17) is 16.3 Å². The van der Waals surface area contributed by atoms with E-state index in [1.54, 1.807) is 25.1 Å². The first-order valence-electron chi connectivity index (χ1n) is 9.72. The van der Waals surface area contributed by atoms with Gasteiger partial charge in [0.2, 0.25) is 0 Å². The predicted molar refractivity (Wildman–Crippen MR) is 119 cm³/mol. The van der Waals surface area contributed by atoms with Gasteiger partial charge in [-0.3, -0.25) is 4.79 Å². The van der Waals surface area contributed by atoms with Crippen molar-refractivity contribution in [3.63, 3.8) is 0 Å². The number of ether oxygens (including phenoxy) is 2. The normalized spacial score (nSPS) is 10.5. The van der Waals surface area contributed by atoms with E-state index in [1.807, 2.05) is 31.2 Å². The van der Waals surface area contributed by atoms with Gasteiger partial charge in [-0.1, -0.05) is 47.5 Å². The lowest BCUT2D eigenvalue weighted by molar-refractivity contribution is -0.119. The molecule has 166 valence electrons. The Morgan fingerprint density at radius 2 is 1.78 bits per heavy atom. The summed E-state index contributed by atoms with van der Waals surface area (Å²) in [4.78, 5) is 36.3. The Morgan fingerprint density at radius 3 is 2.47 bits per heavy atom. The molecule has 0 unspecified atom stereocenters. The minimum atomic E-state index is -0.749. The Bertz CT molecular complexity index is 1150. The van der Waals surface area contributed by atoms with Crippen molar-refractivity contribution in [3.05, 3.63) is 81.6 Å². The van der Waals surface area contributed by atoms with Gasteiger partial charge in [-0.25, -0.2) is 14.3 Å². The van der Waals surface area contributed by atoms with Crippen LogP contribution in [0.1, 0.15) is 37.5 Å². The van der Waals surface area contributed by atoms with Gasteiger partial charge in [-0.15, -0.1) is 0 Å². The smallest absolute Gasteiger partial charge is 0.343 e. The fourth-order valence-electron chi connectivity index (χ4n) is 3.00. The van der Waals surface area contributed by atoms with Crippen LogP contribution in [-0.2, 0) is 20.8 Å². The molecule has 0 aliphatic carbocycles. The van der Waals surface area contributed by atoms with Crippen LogP contribution in [-0.4, -0.2) is 41.3 Å². The van der Waals surface area contributed by atoms with E-state index in [-0.39, 0.29) is 16.3 Å². The first kappa shape index (κ1) is 23.0. The zero-order chi connectivity index (χ0) is 23.3. The monoisotopic (exact) mass is 455 g/mol. The molecule has 1 heterocycles. The second-order valence-electron chi connectivity index (χ2n) is 7.09. The van der Waals surface area contributed by atoms with Crippen molar-refractivity contribution in [2.45, 2.75) is 20.4 Å². The molecule has 3 aromatic rings. The summed E-state index contributed by atoms with van der Waals surface area (Å²) in [6.07, 6.45) is 0. The maximum Gasteiger partial charge on any atom is 0.343 e. The molecule has 1 aromatic heterocycles. The molecule has 1 amide bonds. The third kappa shape index (κ3) is 5.53. The van der Waals surface area contributed by atoms with Gasteiger partial charge in [0, 0.05) is 5.69 Å². The highest BCUT2D eigenvalue weighted by atomic mass is 35.5. The number of amides is 1. The van der Waals surface area contributed by atoms with Gasteiger partial charge in [0.05, 0.1) is 24.9 Å². The fourth-order valence-corrected chi connectivity index (χ4v) is 3.31. The SMILES string of the molecule is COC(=O)c1cccc(NC(=O)COC(=O)c2c(C)nn(Cc3ccc(C)cc3)c2Cl)c1. The van der Waals surface area contributed by atoms with Crippen molar-refractivity contribution < 1.29 is 23.9 Å². The molecule has 9 heteroatoms. The highest BCUT2D eigenvalue weighted by Gasteiger charge is 2.22. The number of nitrogens with one attached hydrogen (secondary N) is 1. The lowest BCUT2D eigenvalue weighted by Gasteiger charge is -2.08. The third-order valence-electron chi connectivity index (χ3n) is 4.62. The van der Waals surface area contributed by atoms with Crippen LogP contribution < -0.4 is 5.32 Å². The van der Waals surface area contributed by atoms with Crippen LogP contribution in [0.2, 0.25) is 5.15 Å². The van der Waals surface area contributed by atoms with Crippen molar-refractivity contribution in [1.29, 1.82) is 0 Å². The fraction of sp³-hybridized carbons (Fsp3) is 0.217. The van der Waals surface area contributed by atoms with Crippen LogP contribution >= 0.6 is 11.6 Å². The van der Waals surface area contributed by atoms with Crippen molar-refractivity contribution in [2.75, 3.05) is 19.0 Å². The summed E-state index contributed by atoms with van der Waals surface area (Å²) >= 11 is 6.37. The van der Waals surface area contributed by atoms with E-state index in [9.17, 15) is 14.4 Å². The molecule has 0 radical (unpaired) electrons. The van der Waals surface area contributed by atoms with Crippen molar-refractivity contribution >= 4 is 35.1 Å². The van der Waals surface area contributed by atoms with Crippen molar-refractivity contribution in [1.82, 2.24) is 9.78 Å². The van der Waals surface area contributed by atoms with Crippen LogP contribution in [0.25, 0.3) is 0 Å². The summed E-state index contributed by atoms with van der Waals surface area (Å²) in [5.74, 6) is -1.84. The number of hydrogen-bond acceptors (Lipinski definition) is 6. The van der Waals surface area contributed by atoms with E-state index in [1.165, 1.54) is 17.9 Å². The molecule has 0 fully saturated rings. The number of methoxy groups -OCH3 is 1. The number of carbonyl (C=O) groups excluding carboxylic acids is 3. The number of rotatable bonds is 7. The average Bonchev–Trinajstić information content (AvgIpc) is 3.06. The number of aromatic nitrogens is 2. The first-order valence-corrected chi connectivity index (χ1v) is 10.1. The predicted octanol–water partition coefficient (Wildman–Crippen LogP) is 3.78. The number of aryl methyl sites for hydroxylation is 2. The maximum absolute atomic E-state index is 12.5. The molecule has 32 heavy (non-hydrogen) atoms. The highest BCUT2D eigenvalue weighted by molar-refractivity contribution is 6.32. The second-order valence-corrected chi connectivity index (χ2v) is 7.45. The molecule has 2 aromatic carbocycles. The van der Waals surface area contributed by atoms with Gasteiger partial charge in [-0.2, -0.15) is 5.10 Å². The Balaban J connectivity index is 1.62. The topological polar surface area (TPSA) is 99.5 Å². The minimum absolute atomic E-state index is 0.110. The number of nitrogens with zero attached hydrogens (tertiary/aromatic N) is 2. The Hall–Kier alpha value is -3.65. The van der Waals surface area contributed by atoms with Crippen LogP contribution in [0, 0.1) is 13.8 Å². The molecule has 0 aliphatic heterocycles. The summed E-state index contributed by atoms with van der Waals surface area (Å²) in [5.41, 5.74) is 3.28. The molecule has 0 bridgehead atoms. The molecule has 3 rings (SSSR count). The maximum atomic E-state index is 12.5. The Morgan fingerprint density at radius 1 is 1.06 bits per heavy atom. The summed E-state index contributed by atoms with van der Waals surface area (Å²) in [7, 11) is 1.27. The molecule has 0 aliphatic rings. The van der Waals surface area contributed by atoms with Gasteiger partial charge in [-0.05, 0) is 37.6 Å². The summed E-state index contributed by atoms with van der Waals surface area (Å²) in [6.45, 7) is 3.51. The summed E-state index contributed by atoms with van der Waals surface area (Å²) < 4.78 is 11.3. The second kappa shape index (κ2) is 10.1. The number of hydrogen-bond donors (Lipinski definition) is 1. The molecule has 1 N–H and O–H groups in total. The molecule has 8 nitrogen and oxygen atoms in total. The van der Waals surface area contributed by atoms with Crippen LogP contribution in [0.15, 0.2) is 48.5 Å². The van der Waals surface area contributed by atoms with E-state index in [0.717, 1.165) is 11.1 Å². The lowest BCUT2D eigenvalue weighted by atomic mass is 10.1. The summed E-state index contributed by atoms with van der Waals surface area (Å²) in [5, 5.41) is 7.02. The molecule has 0 saturated heterocycles. The van der Waals surface area contributed by atoms with Gasteiger partial charge in [0.15, 0.2) is 6.61 Å². The van der Waals surface area contributed by atoms with Crippen molar-refractivity contribution in [3.8, 4) is 0 Å². The van der Waals surface area contributed by atoms with E-state index < -0.39 is 24.5 Å². The van der Waals surface area contributed by atoms with Crippen LogP contribution in [0.3, 0.4) is 0 Å². The number of halogens is 1. The lowest BCUT2D eigenvalue weighted by Crippen LogP contribution is -2.21. The Kier molecular flexibility index (Phi) is 7.27. The van der Waals surface area contributed by atoms with E-state index in [2.05, 4.69) is 15.2 Å². The van der Waals surface area contributed by atoms with Crippen molar-refractivity contribution in [2.24, 2.45) is 0 Å². The standard InChI is InChI=1S/C23H22ClN3O5/c1-14-7-9-16(10-8-14)12-27-21(24)20(15(2)26-27)23(30)32-13-19(28)25-18-6-4-5-17(11-18)22(29)31-3/h4-11H,12-13H2,1-3H3,(H,25,28). The number of benzene rings is 2. The van der Waals surface area contributed by atoms with Gasteiger partial charge < -0.3 is 14.8 Å². The Labute approximate surface area is 190 Å². The molecular formula is C23H22ClN3O5. The zero-order valence-corrected chi connectivity index (χ0v) is 18.6. The molecule has 0 spiro atoms. The number of anilines is 1. The third-order valence-corrected chi connectivity index (χ3v) is 5.01. The largest absolute Gasteiger partial charge is 0.465 e. The van der Waals surface area contributed by atoms with Crippen LogP contribution in [0.5, 0.6) is 0 Å². The van der Waals surface area contributed by atoms with E-state index in [0.29, 0.717) is 17.9 Å². The average molecular weight is 456 g/mol. The van der Waals surface area contributed by atoms with Gasteiger partial charge in [0.1, 0.15) is 10.7 Å². The number of esters is 2. The molecule has 0 atom stereocenters.